The summed E-state index contributed by atoms with van der Waals surface area (Å²) in [5.41, 5.74) is 2.57. The van der Waals surface area contributed by atoms with Gasteiger partial charge in [-0.2, -0.15) is 0 Å². The molecule has 80 valence electrons. The Labute approximate surface area is 87.6 Å². The maximum atomic E-state index is 5.03. The highest BCUT2D eigenvalue weighted by Crippen LogP contribution is 2.22. The van der Waals surface area contributed by atoms with Gasteiger partial charge in [-0.25, -0.2) is 4.63 Å². The maximum absolute atomic E-state index is 5.03. The molecule has 5 nitrogen and oxygen atoms in total. The van der Waals surface area contributed by atoms with E-state index in [1.54, 1.807) is 7.11 Å². The first-order chi connectivity index (χ1) is 7.33. The zero-order valence-electron chi connectivity index (χ0n) is 8.80. The monoisotopic (exact) mass is 207 g/mol. The summed E-state index contributed by atoms with van der Waals surface area (Å²) in [6.45, 7) is 1.49. The third kappa shape index (κ3) is 1.92. The number of anilines is 1. The molecule has 2 rings (SSSR count). The minimum absolute atomic E-state index is 0.679. The minimum atomic E-state index is 0.679. The summed E-state index contributed by atoms with van der Waals surface area (Å²) in [5.74, 6) is 0. The van der Waals surface area contributed by atoms with Crippen molar-refractivity contribution in [2.75, 3.05) is 32.2 Å². The minimum Gasteiger partial charge on any atom is -0.383 e. The van der Waals surface area contributed by atoms with Gasteiger partial charge in [0.1, 0.15) is 5.52 Å². The van der Waals surface area contributed by atoms with E-state index < -0.39 is 0 Å². The Bertz CT molecular complexity index is 441. The van der Waals surface area contributed by atoms with Crippen molar-refractivity contribution >= 4 is 16.7 Å². The van der Waals surface area contributed by atoms with Gasteiger partial charge in [0.2, 0.25) is 0 Å². The lowest BCUT2D eigenvalue weighted by molar-refractivity contribution is 0.206. The molecular formula is C10H13N3O2. The lowest BCUT2D eigenvalue weighted by atomic mass is 10.2. The Kier molecular flexibility index (Phi) is 2.82. The van der Waals surface area contributed by atoms with Gasteiger partial charge in [0.05, 0.1) is 12.3 Å². The molecule has 0 aliphatic rings. The number of fused-ring (bicyclic) bond motifs is 1. The molecule has 0 radical (unpaired) electrons. The normalized spacial score (nSPS) is 10.8. The molecule has 0 amide bonds. The summed E-state index contributed by atoms with van der Waals surface area (Å²) in [7, 11) is 3.68. The van der Waals surface area contributed by atoms with Gasteiger partial charge < -0.3 is 9.64 Å². The number of aromatic nitrogens is 2. The van der Waals surface area contributed by atoms with Crippen molar-refractivity contribution < 1.29 is 9.37 Å². The van der Waals surface area contributed by atoms with E-state index in [0.29, 0.717) is 6.61 Å². The van der Waals surface area contributed by atoms with E-state index in [-0.39, 0.29) is 0 Å². The van der Waals surface area contributed by atoms with E-state index in [1.165, 1.54) is 0 Å². The molecule has 0 bridgehead atoms. The van der Waals surface area contributed by atoms with Crippen molar-refractivity contribution in [1.29, 1.82) is 0 Å². The number of rotatable bonds is 4. The fraction of sp³-hybridized carbons (Fsp3) is 0.400. The number of hydrogen-bond acceptors (Lipinski definition) is 5. The summed E-state index contributed by atoms with van der Waals surface area (Å²) in [4.78, 5) is 2.07. The molecule has 0 saturated carbocycles. The summed E-state index contributed by atoms with van der Waals surface area (Å²) in [6.07, 6.45) is 0. The van der Waals surface area contributed by atoms with Crippen LogP contribution in [0.3, 0.4) is 0 Å². The SMILES string of the molecule is COCCN(C)c1cccc2nonc12. The predicted octanol–water partition coefficient (Wildman–Crippen LogP) is 1.31. The van der Waals surface area contributed by atoms with Gasteiger partial charge in [0.25, 0.3) is 0 Å². The van der Waals surface area contributed by atoms with Crippen LogP contribution in [0.15, 0.2) is 22.8 Å². The van der Waals surface area contributed by atoms with Crippen molar-refractivity contribution in [3.8, 4) is 0 Å². The lowest BCUT2D eigenvalue weighted by Gasteiger charge is -2.18. The summed E-state index contributed by atoms with van der Waals surface area (Å²) in [6, 6.07) is 5.80. The van der Waals surface area contributed by atoms with Gasteiger partial charge in [-0.15, -0.1) is 0 Å². The van der Waals surface area contributed by atoms with Gasteiger partial charge in [0.15, 0.2) is 5.52 Å². The van der Waals surface area contributed by atoms with Crippen molar-refractivity contribution in [3.63, 3.8) is 0 Å². The van der Waals surface area contributed by atoms with Gasteiger partial charge in [-0.1, -0.05) is 6.07 Å². The summed E-state index contributed by atoms with van der Waals surface area (Å²) in [5, 5.41) is 7.68. The van der Waals surface area contributed by atoms with E-state index in [1.807, 2.05) is 25.2 Å². The average Bonchev–Trinajstić information content (AvgIpc) is 2.73. The fourth-order valence-electron chi connectivity index (χ4n) is 1.45. The van der Waals surface area contributed by atoms with Crippen LogP contribution >= 0.6 is 0 Å². The van der Waals surface area contributed by atoms with Crippen LogP contribution in [0.1, 0.15) is 0 Å². The van der Waals surface area contributed by atoms with Gasteiger partial charge in [-0.05, 0) is 22.4 Å². The van der Waals surface area contributed by atoms with Crippen LogP contribution in [0.2, 0.25) is 0 Å². The van der Waals surface area contributed by atoms with E-state index in [4.69, 9.17) is 9.37 Å². The molecule has 15 heavy (non-hydrogen) atoms. The Hall–Kier alpha value is -1.62. The zero-order valence-corrected chi connectivity index (χ0v) is 8.80. The van der Waals surface area contributed by atoms with E-state index in [0.717, 1.165) is 23.3 Å². The summed E-state index contributed by atoms with van der Waals surface area (Å²) >= 11 is 0. The van der Waals surface area contributed by atoms with Gasteiger partial charge in [0, 0.05) is 20.7 Å². The summed E-state index contributed by atoms with van der Waals surface area (Å²) < 4.78 is 9.73. The molecule has 0 saturated heterocycles. The molecule has 1 aromatic carbocycles. The van der Waals surface area contributed by atoms with Crippen molar-refractivity contribution in [3.05, 3.63) is 18.2 Å². The Balaban J connectivity index is 2.29. The third-order valence-corrected chi connectivity index (χ3v) is 2.31. The second kappa shape index (κ2) is 4.27. The van der Waals surface area contributed by atoms with Crippen LogP contribution in [0, 0.1) is 0 Å². The van der Waals surface area contributed by atoms with Crippen molar-refractivity contribution in [1.82, 2.24) is 10.3 Å². The van der Waals surface area contributed by atoms with Crippen LogP contribution in [0.25, 0.3) is 11.0 Å². The van der Waals surface area contributed by atoms with Crippen molar-refractivity contribution in [2.24, 2.45) is 0 Å². The number of hydrogen-bond donors (Lipinski definition) is 0. The molecule has 0 atom stereocenters. The molecule has 0 spiro atoms. The molecule has 5 heteroatoms. The highest BCUT2D eigenvalue weighted by molar-refractivity contribution is 5.87. The Morgan fingerprint density at radius 1 is 1.40 bits per heavy atom. The third-order valence-electron chi connectivity index (χ3n) is 2.31. The van der Waals surface area contributed by atoms with Crippen LogP contribution < -0.4 is 4.90 Å². The highest BCUT2D eigenvalue weighted by atomic mass is 16.6. The maximum Gasteiger partial charge on any atom is 0.158 e. The second-order valence-electron chi connectivity index (χ2n) is 3.32. The van der Waals surface area contributed by atoms with Gasteiger partial charge >= 0.3 is 0 Å². The van der Waals surface area contributed by atoms with Crippen LogP contribution in [-0.2, 0) is 4.74 Å². The molecule has 0 aliphatic heterocycles. The molecule has 0 unspecified atom stereocenters. The molecule has 0 N–H and O–H groups in total. The fourth-order valence-corrected chi connectivity index (χ4v) is 1.45. The number of nitrogens with zero attached hydrogens (tertiary/aromatic N) is 3. The van der Waals surface area contributed by atoms with Gasteiger partial charge in [-0.3, -0.25) is 0 Å². The van der Waals surface area contributed by atoms with Crippen molar-refractivity contribution in [2.45, 2.75) is 0 Å². The standard InChI is InChI=1S/C10H13N3O2/c1-13(6-7-14-2)9-5-3-4-8-10(9)12-15-11-8/h3-5H,6-7H2,1-2H3. The first-order valence-electron chi connectivity index (χ1n) is 4.74. The number of ether oxygens (including phenoxy) is 1. The molecule has 0 aliphatic carbocycles. The lowest BCUT2D eigenvalue weighted by Crippen LogP contribution is -2.22. The topological polar surface area (TPSA) is 51.4 Å². The number of methoxy groups -OCH3 is 1. The Morgan fingerprint density at radius 2 is 2.27 bits per heavy atom. The first-order valence-corrected chi connectivity index (χ1v) is 4.74. The largest absolute Gasteiger partial charge is 0.383 e. The molecule has 2 aromatic rings. The molecule has 1 heterocycles. The van der Waals surface area contributed by atoms with Crippen LogP contribution in [0.4, 0.5) is 5.69 Å². The number of benzene rings is 1. The zero-order chi connectivity index (χ0) is 10.7. The molecular weight excluding hydrogens is 194 g/mol. The molecule has 1 aromatic heterocycles. The van der Waals surface area contributed by atoms with Crippen LogP contribution in [-0.4, -0.2) is 37.6 Å². The van der Waals surface area contributed by atoms with Crippen LogP contribution in [0.5, 0.6) is 0 Å². The Morgan fingerprint density at radius 3 is 3.07 bits per heavy atom. The second-order valence-corrected chi connectivity index (χ2v) is 3.32. The average molecular weight is 207 g/mol. The van der Waals surface area contributed by atoms with E-state index in [9.17, 15) is 0 Å². The first kappa shape index (κ1) is 9.92. The predicted molar refractivity (Wildman–Crippen MR) is 57.0 cm³/mol. The number of likely N-dealkylation sites (N-methyl/N-ethyl adjacent to an activating group) is 1. The molecule has 0 fully saturated rings. The quantitative estimate of drug-likeness (QED) is 0.756. The van der Waals surface area contributed by atoms with E-state index >= 15 is 0 Å². The smallest absolute Gasteiger partial charge is 0.158 e. The highest BCUT2D eigenvalue weighted by Gasteiger charge is 2.09. The van der Waals surface area contributed by atoms with E-state index in [2.05, 4.69) is 15.2 Å².